The maximum Gasteiger partial charge on any atom is 0.446 e. The second-order valence-electron chi connectivity index (χ2n) is 6.97. The number of carbonyl (C=O) groups is 2. The molecule has 1 N–H and O–H groups in total. The van der Waals surface area contributed by atoms with Gasteiger partial charge < -0.3 is 5.32 Å². The van der Waals surface area contributed by atoms with Gasteiger partial charge in [-0.25, -0.2) is 9.69 Å². The third kappa shape index (κ3) is 4.20. The van der Waals surface area contributed by atoms with Crippen LogP contribution in [-0.2, 0) is 4.79 Å². The number of hydrogen-bond acceptors (Lipinski definition) is 4. The summed E-state index contributed by atoms with van der Waals surface area (Å²) in [7, 11) is 0. The van der Waals surface area contributed by atoms with Gasteiger partial charge in [0.15, 0.2) is 0 Å². The third-order valence-corrected chi connectivity index (χ3v) is 6.09. The number of alkyl halides is 3. The molecule has 5 nitrogen and oxygen atoms in total. The number of nitrogens with zero attached hydrogens (tertiary/aromatic N) is 2. The Morgan fingerprint density at radius 3 is 2.52 bits per heavy atom. The van der Waals surface area contributed by atoms with Crippen LogP contribution in [-0.4, -0.2) is 28.5 Å². The minimum atomic E-state index is -4.42. The summed E-state index contributed by atoms with van der Waals surface area (Å²) in [6.45, 7) is 1.81. The van der Waals surface area contributed by atoms with Crippen LogP contribution < -0.4 is 10.2 Å². The minimum Gasteiger partial charge on any atom is -0.325 e. The molecule has 2 heterocycles. The fourth-order valence-electron chi connectivity index (χ4n) is 3.62. The second-order valence-corrected chi connectivity index (χ2v) is 8.51. The van der Waals surface area contributed by atoms with Crippen molar-refractivity contribution in [2.75, 3.05) is 4.90 Å². The summed E-state index contributed by atoms with van der Waals surface area (Å²) in [6, 6.07) is 10.7. The number of aromatic nitrogens is 1. The first-order chi connectivity index (χ1) is 14.7. The van der Waals surface area contributed by atoms with Crippen molar-refractivity contribution in [2.45, 2.75) is 29.3 Å². The number of imide groups is 1. The molecule has 1 aromatic heterocycles. The number of amides is 3. The molecule has 0 saturated carbocycles. The van der Waals surface area contributed by atoms with Gasteiger partial charge in [0.1, 0.15) is 6.04 Å². The van der Waals surface area contributed by atoms with E-state index < -0.39 is 29.4 Å². The quantitative estimate of drug-likeness (QED) is 0.395. The summed E-state index contributed by atoms with van der Waals surface area (Å²) >= 11 is 5.96. The number of pyridine rings is 1. The summed E-state index contributed by atoms with van der Waals surface area (Å²) in [6.07, 6.45) is 1.59. The summed E-state index contributed by atoms with van der Waals surface area (Å²) in [4.78, 5) is 30.8. The van der Waals surface area contributed by atoms with Crippen LogP contribution in [0.15, 0.2) is 59.6 Å². The topological polar surface area (TPSA) is 62.3 Å². The van der Waals surface area contributed by atoms with Crippen LogP contribution >= 0.6 is 23.4 Å². The molecule has 2 unspecified atom stereocenters. The molecular formula is C21H15ClF3N3O2S. The summed E-state index contributed by atoms with van der Waals surface area (Å²) < 4.78 is 37.6. The van der Waals surface area contributed by atoms with Gasteiger partial charge in [0.05, 0.1) is 16.2 Å². The van der Waals surface area contributed by atoms with E-state index in [1.165, 1.54) is 24.3 Å². The number of hydrogen-bond donors (Lipinski definition) is 1. The molecule has 31 heavy (non-hydrogen) atoms. The molecule has 1 aliphatic rings. The lowest BCUT2D eigenvalue weighted by Crippen LogP contribution is -2.35. The highest BCUT2D eigenvalue weighted by atomic mass is 35.5. The Morgan fingerprint density at radius 2 is 1.84 bits per heavy atom. The smallest absolute Gasteiger partial charge is 0.325 e. The van der Waals surface area contributed by atoms with Gasteiger partial charge in [-0.1, -0.05) is 30.7 Å². The van der Waals surface area contributed by atoms with Crippen molar-refractivity contribution in [2.24, 2.45) is 0 Å². The third-order valence-electron chi connectivity index (χ3n) is 5.04. The molecule has 3 aromatic rings. The Labute approximate surface area is 184 Å². The Bertz CT molecular complexity index is 1170. The highest BCUT2D eigenvalue weighted by Gasteiger charge is 2.42. The lowest BCUT2D eigenvalue weighted by atomic mass is 9.90. The molecule has 1 aliphatic heterocycles. The van der Waals surface area contributed by atoms with E-state index in [1.54, 1.807) is 24.4 Å². The van der Waals surface area contributed by atoms with E-state index in [1.807, 2.05) is 13.0 Å². The van der Waals surface area contributed by atoms with Crippen molar-refractivity contribution in [3.63, 3.8) is 0 Å². The van der Waals surface area contributed by atoms with Gasteiger partial charge in [0.2, 0.25) is 0 Å². The maximum absolute atomic E-state index is 13.1. The molecule has 3 amide bonds. The van der Waals surface area contributed by atoms with Crippen LogP contribution in [0.25, 0.3) is 10.9 Å². The van der Waals surface area contributed by atoms with Gasteiger partial charge in [-0.05, 0) is 53.7 Å². The molecule has 0 spiro atoms. The number of nitrogens with one attached hydrogen (secondary N) is 1. The Hall–Kier alpha value is -2.78. The zero-order valence-electron chi connectivity index (χ0n) is 16.0. The fourth-order valence-corrected chi connectivity index (χ4v) is 4.38. The highest BCUT2D eigenvalue weighted by molar-refractivity contribution is 8.00. The summed E-state index contributed by atoms with van der Waals surface area (Å²) in [5.41, 5.74) is -2.82. The van der Waals surface area contributed by atoms with Crippen LogP contribution in [0.3, 0.4) is 0 Å². The average Bonchev–Trinajstić information content (AvgIpc) is 3.01. The number of anilines is 1. The fraction of sp³-hybridized carbons (Fsp3) is 0.190. The molecule has 2 atom stereocenters. The van der Waals surface area contributed by atoms with Crippen LogP contribution in [0.5, 0.6) is 0 Å². The van der Waals surface area contributed by atoms with Gasteiger partial charge in [-0.2, -0.15) is 13.2 Å². The molecule has 160 valence electrons. The normalized spacial score (nSPS) is 17.8. The van der Waals surface area contributed by atoms with Crippen molar-refractivity contribution in [1.82, 2.24) is 10.3 Å². The molecule has 0 radical (unpaired) electrons. The zero-order chi connectivity index (χ0) is 22.3. The molecule has 1 saturated heterocycles. The first-order valence-corrected chi connectivity index (χ1v) is 10.4. The Kier molecular flexibility index (Phi) is 5.57. The first-order valence-electron chi connectivity index (χ1n) is 9.19. The van der Waals surface area contributed by atoms with E-state index in [0.29, 0.717) is 10.5 Å². The van der Waals surface area contributed by atoms with Crippen molar-refractivity contribution in [3.8, 4) is 0 Å². The lowest BCUT2D eigenvalue weighted by Gasteiger charge is -2.20. The molecule has 0 bridgehead atoms. The van der Waals surface area contributed by atoms with Crippen LogP contribution in [0.2, 0.25) is 5.02 Å². The number of halogens is 4. The molecule has 10 heteroatoms. The van der Waals surface area contributed by atoms with Gasteiger partial charge in [0.25, 0.3) is 5.91 Å². The summed E-state index contributed by atoms with van der Waals surface area (Å²) in [5, 5.41) is 3.93. The number of urea groups is 1. The van der Waals surface area contributed by atoms with Crippen molar-refractivity contribution >= 4 is 51.9 Å². The zero-order valence-corrected chi connectivity index (χ0v) is 17.6. The predicted octanol–water partition coefficient (Wildman–Crippen LogP) is 5.73. The van der Waals surface area contributed by atoms with E-state index in [-0.39, 0.29) is 22.3 Å². The molecular weight excluding hydrogens is 451 g/mol. The van der Waals surface area contributed by atoms with Crippen LogP contribution in [0, 0.1) is 0 Å². The van der Waals surface area contributed by atoms with Crippen LogP contribution in [0.1, 0.15) is 18.4 Å². The number of benzene rings is 2. The van der Waals surface area contributed by atoms with Crippen molar-refractivity contribution in [3.05, 3.63) is 65.3 Å². The highest BCUT2D eigenvalue weighted by Crippen LogP contribution is 2.38. The van der Waals surface area contributed by atoms with Gasteiger partial charge in [-0.3, -0.25) is 9.78 Å². The Morgan fingerprint density at radius 1 is 1.13 bits per heavy atom. The number of para-hydroxylation sites is 1. The molecule has 1 fully saturated rings. The standard InChI is InChI=1S/C21H15ClF3N3O2S/c1-11(14-9-10-26-18-15(14)3-2-4-16(18)22)17-19(29)28(20(30)27-17)12-5-7-13(8-6-12)31-21(23,24)25/h2-11,17H,1H3,(H,27,30). The monoisotopic (exact) mass is 465 g/mol. The average molecular weight is 466 g/mol. The first kappa shape index (κ1) is 21.5. The van der Waals surface area contributed by atoms with Gasteiger partial charge in [-0.15, -0.1) is 0 Å². The Balaban J connectivity index is 1.61. The number of carbonyl (C=O) groups excluding carboxylic acids is 2. The molecule has 4 rings (SSSR count). The van der Waals surface area contributed by atoms with Gasteiger partial charge in [0, 0.05) is 22.4 Å². The number of rotatable bonds is 4. The number of thioether (sulfide) groups is 1. The van der Waals surface area contributed by atoms with Crippen LogP contribution in [0.4, 0.5) is 23.7 Å². The van der Waals surface area contributed by atoms with E-state index >= 15 is 0 Å². The van der Waals surface area contributed by atoms with Crippen molar-refractivity contribution < 1.29 is 22.8 Å². The van der Waals surface area contributed by atoms with E-state index in [4.69, 9.17) is 11.6 Å². The van der Waals surface area contributed by atoms with Crippen molar-refractivity contribution in [1.29, 1.82) is 0 Å². The van der Waals surface area contributed by atoms with E-state index in [2.05, 4.69) is 10.3 Å². The minimum absolute atomic E-state index is 0.0339. The number of fused-ring (bicyclic) bond motifs is 1. The van der Waals surface area contributed by atoms with Gasteiger partial charge >= 0.3 is 11.5 Å². The molecule has 2 aromatic carbocycles. The second kappa shape index (κ2) is 8.05. The molecule has 0 aliphatic carbocycles. The largest absolute Gasteiger partial charge is 0.446 e. The maximum atomic E-state index is 13.1. The predicted molar refractivity (Wildman–Crippen MR) is 113 cm³/mol. The van der Waals surface area contributed by atoms with E-state index in [0.717, 1.165) is 15.8 Å². The SMILES string of the molecule is CC(c1ccnc2c(Cl)cccc12)C1NC(=O)N(c2ccc(SC(F)(F)F)cc2)C1=O. The lowest BCUT2D eigenvalue weighted by molar-refractivity contribution is -0.118. The van der Waals surface area contributed by atoms with E-state index in [9.17, 15) is 22.8 Å². The summed E-state index contributed by atoms with van der Waals surface area (Å²) in [5.74, 6) is -0.883.